The summed E-state index contributed by atoms with van der Waals surface area (Å²) < 4.78 is 4.49. The van der Waals surface area contributed by atoms with Crippen molar-refractivity contribution in [2.24, 2.45) is 0 Å². The predicted molar refractivity (Wildman–Crippen MR) is 88.3 cm³/mol. The molecule has 0 radical (unpaired) electrons. The number of aliphatic hydroxyl groups excluding tert-OH is 1. The Morgan fingerprint density at radius 2 is 1.19 bits per heavy atom. The third kappa shape index (κ3) is 14.1. The molecule has 0 aliphatic heterocycles. The molecule has 0 rings (SSSR count). The highest BCUT2D eigenvalue weighted by Crippen LogP contribution is 2.13. The smallest absolute Gasteiger partial charge is 0.334 e. The quantitative estimate of drug-likeness (QED) is 0.342. The van der Waals surface area contributed by atoms with E-state index < -0.39 is 12.1 Å². The summed E-state index contributed by atoms with van der Waals surface area (Å²) in [7, 11) is 1.31. The first-order valence-corrected chi connectivity index (χ1v) is 8.98. The number of ether oxygens (including phenoxy) is 1. The Bertz CT molecular complexity index is 229. The topological polar surface area (TPSA) is 46.5 Å². The average molecular weight is 300 g/mol. The Morgan fingerprint density at radius 3 is 1.57 bits per heavy atom. The van der Waals surface area contributed by atoms with Crippen molar-refractivity contribution < 1.29 is 14.6 Å². The Balaban J connectivity index is 3.11. The number of methoxy groups -OCH3 is 1. The van der Waals surface area contributed by atoms with E-state index in [-0.39, 0.29) is 0 Å². The SMILES string of the molecule is CCCCCCCCCCCCCCCC(O)C(=O)OC. The second kappa shape index (κ2) is 15.8. The van der Waals surface area contributed by atoms with Crippen LogP contribution in [0.3, 0.4) is 0 Å². The Labute approximate surface area is 131 Å². The fourth-order valence-corrected chi connectivity index (χ4v) is 2.61. The zero-order chi connectivity index (χ0) is 15.8. The van der Waals surface area contributed by atoms with Gasteiger partial charge >= 0.3 is 5.97 Å². The number of carbonyl (C=O) groups is 1. The normalized spacial score (nSPS) is 12.3. The molecule has 0 aliphatic carbocycles. The fraction of sp³-hybridized carbons (Fsp3) is 0.944. The summed E-state index contributed by atoms with van der Waals surface area (Å²) >= 11 is 0. The molecule has 0 aliphatic rings. The van der Waals surface area contributed by atoms with Crippen LogP contribution in [0.25, 0.3) is 0 Å². The molecule has 1 atom stereocenters. The van der Waals surface area contributed by atoms with E-state index in [1.807, 2.05) is 0 Å². The number of carbonyl (C=O) groups excluding carboxylic acids is 1. The number of aliphatic hydroxyl groups is 1. The van der Waals surface area contributed by atoms with Crippen LogP contribution in [0.4, 0.5) is 0 Å². The van der Waals surface area contributed by atoms with Crippen molar-refractivity contribution in [1.82, 2.24) is 0 Å². The minimum absolute atomic E-state index is 0.506. The lowest BCUT2D eigenvalue weighted by atomic mass is 10.0. The van der Waals surface area contributed by atoms with E-state index in [0.717, 1.165) is 12.8 Å². The van der Waals surface area contributed by atoms with E-state index in [2.05, 4.69) is 11.7 Å². The minimum Gasteiger partial charge on any atom is -0.467 e. The maximum absolute atomic E-state index is 11.0. The van der Waals surface area contributed by atoms with E-state index in [0.29, 0.717) is 6.42 Å². The van der Waals surface area contributed by atoms with Gasteiger partial charge in [-0.05, 0) is 6.42 Å². The molecule has 3 nitrogen and oxygen atoms in total. The summed E-state index contributed by atoms with van der Waals surface area (Å²) in [6.07, 6.45) is 16.5. The lowest BCUT2D eigenvalue weighted by Crippen LogP contribution is -2.21. The Hall–Kier alpha value is -0.570. The molecular formula is C18H36O3. The van der Waals surface area contributed by atoms with Crippen LogP contribution in [0, 0.1) is 0 Å². The van der Waals surface area contributed by atoms with Gasteiger partial charge in [0, 0.05) is 0 Å². The fourth-order valence-electron chi connectivity index (χ4n) is 2.61. The third-order valence-electron chi connectivity index (χ3n) is 4.05. The zero-order valence-electron chi connectivity index (χ0n) is 14.2. The molecule has 0 aromatic rings. The summed E-state index contributed by atoms with van der Waals surface area (Å²) in [6, 6.07) is 0. The summed E-state index contributed by atoms with van der Waals surface area (Å²) in [4.78, 5) is 11.0. The van der Waals surface area contributed by atoms with Gasteiger partial charge in [-0.3, -0.25) is 0 Å². The summed E-state index contributed by atoms with van der Waals surface area (Å²) in [5.41, 5.74) is 0. The van der Waals surface area contributed by atoms with Crippen molar-refractivity contribution in [3.63, 3.8) is 0 Å². The summed E-state index contributed by atoms with van der Waals surface area (Å²) in [6.45, 7) is 2.26. The van der Waals surface area contributed by atoms with Crippen molar-refractivity contribution in [1.29, 1.82) is 0 Å². The number of hydrogen-bond donors (Lipinski definition) is 1. The molecule has 1 unspecified atom stereocenters. The first-order chi connectivity index (χ1) is 10.2. The van der Waals surface area contributed by atoms with Gasteiger partial charge in [-0.25, -0.2) is 4.79 Å². The molecule has 1 N–H and O–H groups in total. The number of esters is 1. The van der Waals surface area contributed by atoms with Gasteiger partial charge in [-0.1, -0.05) is 90.4 Å². The molecule has 0 fully saturated rings. The maximum atomic E-state index is 11.0. The zero-order valence-corrected chi connectivity index (χ0v) is 14.2. The molecule has 0 aromatic heterocycles. The minimum atomic E-state index is -0.928. The van der Waals surface area contributed by atoms with Gasteiger partial charge in [0.15, 0.2) is 6.10 Å². The highest BCUT2D eigenvalue weighted by atomic mass is 16.5. The molecular weight excluding hydrogens is 264 g/mol. The maximum Gasteiger partial charge on any atom is 0.334 e. The van der Waals surface area contributed by atoms with E-state index in [1.54, 1.807) is 0 Å². The first kappa shape index (κ1) is 20.4. The van der Waals surface area contributed by atoms with Gasteiger partial charge in [-0.15, -0.1) is 0 Å². The van der Waals surface area contributed by atoms with Crippen LogP contribution in [0.1, 0.15) is 96.8 Å². The van der Waals surface area contributed by atoms with E-state index >= 15 is 0 Å². The van der Waals surface area contributed by atoms with Gasteiger partial charge in [0.1, 0.15) is 0 Å². The molecule has 0 heterocycles. The molecule has 126 valence electrons. The number of hydrogen-bond acceptors (Lipinski definition) is 3. The number of unbranched alkanes of at least 4 members (excludes halogenated alkanes) is 12. The van der Waals surface area contributed by atoms with Crippen LogP contribution in [-0.2, 0) is 9.53 Å². The van der Waals surface area contributed by atoms with Crippen molar-refractivity contribution >= 4 is 5.97 Å². The first-order valence-electron chi connectivity index (χ1n) is 8.98. The van der Waals surface area contributed by atoms with Crippen molar-refractivity contribution in [2.75, 3.05) is 7.11 Å². The average Bonchev–Trinajstić information content (AvgIpc) is 2.50. The molecule has 21 heavy (non-hydrogen) atoms. The van der Waals surface area contributed by atoms with E-state index in [1.165, 1.54) is 77.7 Å². The van der Waals surface area contributed by atoms with Crippen molar-refractivity contribution in [3.05, 3.63) is 0 Å². The molecule has 0 saturated heterocycles. The van der Waals surface area contributed by atoms with Gasteiger partial charge in [0.05, 0.1) is 7.11 Å². The Morgan fingerprint density at radius 1 is 0.810 bits per heavy atom. The third-order valence-corrected chi connectivity index (χ3v) is 4.05. The molecule has 0 saturated carbocycles. The standard InChI is InChI=1S/C18H36O3/c1-3-4-5-6-7-8-9-10-11-12-13-14-15-16-17(19)18(20)21-2/h17,19H,3-16H2,1-2H3. The monoisotopic (exact) mass is 300 g/mol. The van der Waals surface area contributed by atoms with E-state index in [9.17, 15) is 9.90 Å². The molecule has 0 spiro atoms. The molecule has 3 heteroatoms. The van der Waals surface area contributed by atoms with Crippen LogP contribution in [0.5, 0.6) is 0 Å². The highest BCUT2D eigenvalue weighted by molar-refractivity contribution is 5.74. The van der Waals surface area contributed by atoms with Crippen LogP contribution in [0.2, 0.25) is 0 Å². The lowest BCUT2D eigenvalue weighted by Gasteiger charge is -2.07. The second-order valence-electron chi connectivity index (χ2n) is 6.07. The largest absolute Gasteiger partial charge is 0.467 e. The second-order valence-corrected chi connectivity index (χ2v) is 6.07. The van der Waals surface area contributed by atoms with Crippen LogP contribution >= 0.6 is 0 Å². The van der Waals surface area contributed by atoms with Gasteiger partial charge in [0.25, 0.3) is 0 Å². The van der Waals surface area contributed by atoms with Gasteiger partial charge < -0.3 is 9.84 Å². The highest BCUT2D eigenvalue weighted by Gasteiger charge is 2.13. The van der Waals surface area contributed by atoms with E-state index in [4.69, 9.17) is 0 Å². The molecule has 0 bridgehead atoms. The number of rotatable bonds is 15. The summed E-state index contributed by atoms with van der Waals surface area (Å²) in [5.74, 6) is -0.506. The van der Waals surface area contributed by atoms with Crippen LogP contribution < -0.4 is 0 Å². The molecule has 0 aromatic carbocycles. The van der Waals surface area contributed by atoms with Crippen LogP contribution in [0.15, 0.2) is 0 Å². The summed E-state index contributed by atoms with van der Waals surface area (Å²) in [5, 5.41) is 9.42. The Kier molecular flexibility index (Phi) is 15.4. The predicted octanol–water partition coefficient (Wildman–Crippen LogP) is 5.00. The lowest BCUT2D eigenvalue weighted by molar-refractivity contribution is -0.150. The van der Waals surface area contributed by atoms with Gasteiger partial charge in [-0.2, -0.15) is 0 Å². The van der Waals surface area contributed by atoms with Gasteiger partial charge in [0.2, 0.25) is 0 Å². The van der Waals surface area contributed by atoms with Crippen molar-refractivity contribution in [3.8, 4) is 0 Å². The molecule has 0 amide bonds. The van der Waals surface area contributed by atoms with Crippen LogP contribution in [-0.4, -0.2) is 24.3 Å². The van der Waals surface area contributed by atoms with Crippen molar-refractivity contribution in [2.45, 2.75) is 103 Å².